The van der Waals surface area contributed by atoms with E-state index in [2.05, 4.69) is 31.2 Å². The number of H-pyrrole nitrogens is 1. The van der Waals surface area contributed by atoms with Crippen molar-refractivity contribution < 1.29 is 9.53 Å². The molecule has 0 spiro atoms. The van der Waals surface area contributed by atoms with Gasteiger partial charge in [0.15, 0.2) is 0 Å². The van der Waals surface area contributed by atoms with E-state index in [-0.39, 0.29) is 0 Å². The Kier molecular flexibility index (Phi) is 4.57. The molecule has 6 heteroatoms. The molecule has 2 aromatic rings. The lowest BCUT2D eigenvalue weighted by Gasteiger charge is -2.02. The molecular formula is C13H14BrN3O2. The zero-order valence-electron chi connectivity index (χ0n) is 10.4. The van der Waals surface area contributed by atoms with Crippen molar-refractivity contribution in [1.29, 1.82) is 0 Å². The van der Waals surface area contributed by atoms with Gasteiger partial charge in [-0.3, -0.25) is 5.32 Å². The van der Waals surface area contributed by atoms with Gasteiger partial charge in [-0.15, -0.1) is 0 Å². The third kappa shape index (κ3) is 3.82. The molecule has 2 rings (SSSR count). The Hall–Kier alpha value is -1.82. The summed E-state index contributed by atoms with van der Waals surface area (Å²) in [6.07, 6.45) is 1.95. The van der Waals surface area contributed by atoms with Gasteiger partial charge >= 0.3 is 6.09 Å². The first-order valence-electron chi connectivity index (χ1n) is 5.93. The number of nitrogens with one attached hydrogen (secondary N) is 2. The highest BCUT2D eigenvalue weighted by atomic mass is 79.9. The number of halogens is 1. The topological polar surface area (TPSA) is 67.0 Å². The first-order valence-corrected chi connectivity index (χ1v) is 6.73. The Morgan fingerprint density at radius 2 is 2.16 bits per heavy atom. The molecule has 1 heterocycles. The van der Waals surface area contributed by atoms with Crippen molar-refractivity contribution in [1.82, 2.24) is 9.97 Å². The molecule has 0 unspecified atom stereocenters. The molecule has 0 atom stereocenters. The van der Waals surface area contributed by atoms with Crippen LogP contribution in [-0.4, -0.2) is 22.7 Å². The molecule has 0 aliphatic heterocycles. The second-order valence-corrected chi connectivity index (χ2v) is 4.83. The van der Waals surface area contributed by atoms with Crippen molar-refractivity contribution in [2.24, 2.45) is 0 Å². The van der Waals surface area contributed by atoms with Gasteiger partial charge in [0.25, 0.3) is 0 Å². The van der Waals surface area contributed by atoms with Crippen LogP contribution in [0.2, 0.25) is 0 Å². The van der Waals surface area contributed by atoms with Crippen molar-refractivity contribution in [2.45, 2.75) is 13.3 Å². The van der Waals surface area contributed by atoms with E-state index >= 15 is 0 Å². The van der Waals surface area contributed by atoms with Crippen LogP contribution in [-0.2, 0) is 4.74 Å². The number of amides is 1. The average molecular weight is 324 g/mol. The number of nitrogens with zero attached hydrogens (tertiary/aromatic N) is 1. The van der Waals surface area contributed by atoms with E-state index in [4.69, 9.17) is 4.74 Å². The van der Waals surface area contributed by atoms with Crippen LogP contribution < -0.4 is 5.32 Å². The van der Waals surface area contributed by atoms with Crippen molar-refractivity contribution in [3.63, 3.8) is 0 Å². The predicted molar refractivity (Wildman–Crippen MR) is 77.0 cm³/mol. The molecule has 1 aromatic carbocycles. The molecule has 1 amide bonds. The number of carbonyl (C=O) groups is 1. The summed E-state index contributed by atoms with van der Waals surface area (Å²) < 4.78 is 5.92. The maximum absolute atomic E-state index is 11.4. The number of anilines is 1. The summed E-state index contributed by atoms with van der Waals surface area (Å²) in [6, 6.07) is 7.80. The largest absolute Gasteiger partial charge is 0.449 e. The van der Waals surface area contributed by atoms with Crippen molar-refractivity contribution >= 4 is 28.0 Å². The third-order valence-corrected chi connectivity index (χ3v) is 2.92. The fourth-order valence-corrected chi connectivity index (χ4v) is 1.75. The maximum atomic E-state index is 11.4. The van der Waals surface area contributed by atoms with Gasteiger partial charge in [-0.1, -0.05) is 35.0 Å². The Morgan fingerprint density at radius 3 is 2.84 bits per heavy atom. The summed E-state index contributed by atoms with van der Waals surface area (Å²) in [5.41, 5.74) is 1.82. The first-order chi connectivity index (χ1) is 9.19. The lowest BCUT2D eigenvalue weighted by molar-refractivity contribution is 0.161. The van der Waals surface area contributed by atoms with Crippen LogP contribution in [0.5, 0.6) is 0 Å². The number of imidazole rings is 1. The van der Waals surface area contributed by atoms with E-state index in [9.17, 15) is 4.79 Å². The summed E-state index contributed by atoms with van der Waals surface area (Å²) in [5.74, 6) is 0.374. The van der Waals surface area contributed by atoms with E-state index in [1.54, 1.807) is 6.20 Å². The molecule has 0 bridgehead atoms. The number of hydrogen-bond acceptors (Lipinski definition) is 3. The summed E-state index contributed by atoms with van der Waals surface area (Å²) in [7, 11) is 0. The lowest BCUT2D eigenvalue weighted by atomic mass is 10.2. The number of hydrogen-bond donors (Lipinski definition) is 2. The minimum absolute atomic E-state index is 0.374. The molecule has 5 nitrogen and oxygen atoms in total. The minimum Gasteiger partial charge on any atom is -0.449 e. The molecule has 19 heavy (non-hydrogen) atoms. The fraction of sp³-hybridized carbons (Fsp3) is 0.231. The van der Waals surface area contributed by atoms with Gasteiger partial charge < -0.3 is 9.72 Å². The van der Waals surface area contributed by atoms with Crippen LogP contribution in [0.1, 0.15) is 13.3 Å². The standard InChI is InChI=1S/C13H14BrN3O2/c1-2-7-19-13(18)17-12-15-8-11(16-12)9-3-5-10(14)6-4-9/h3-6,8H,2,7H2,1H3,(H2,15,16,17,18). The van der Waals surface area contributed by atoms with E-state index < -0.39 is 6.09 Å². The Morgan fingerprint density at radius 1 is 1.42 bits per heavy atom. The molecule has 0 aliphatic rings. The van der Waals surface area contributed by atoms with Crippen LogP contribution in [0.15, 0.2) is 34.9 Å². The summed E-state index contributed by atoms with van der Waals surface area (Å²) in [6.45, 7) is 2.33. The van der Waals surface area contributed by atoms with Crippen LogP contribution in [0, 0.1) is 0 Å². The van der Waals surface area contributed by atoms with Gasteiger partial charge in [-0.05, 0) is 24.1 Å². The number of benzene rings is 1. The molecule has 0 aliphatic carbocycles. The van der Waals surface area contributed by atoms with Crippen molar-refractivity contribution in [3.05, 3.63) is 34.9 Å². The molecule has 0 saturated carbocycles. The maximum Gasteiger partial charge on any atom is 0.413 e. The second-order valence-electron chi connectivity index (χ2n) is 3.91. The number of aromatic nitrogens is 2. The number of carbonyl (C=O) groups excluding carboxylic acids is 1. The Labute approximate surface area is 119 Å². The average Bonchev–Trinajstić information content (AvgIpc) is 2.85. The number of aromatic amines is 1. The first kappa shape index (κ1) is 13.6. The smallest absolute Gasteiger partial charge is 0.413 e. The summed E-state index contributed by atoms with van der Waals surface area (Å²) in [5, 5.41) is 2.54. The van der Waals surface area contributed by atoms with Crippen molar-refractivity contribution in [2.75, 3.05) is 11.9 Å². The third-order valence-electron chi connectivity index (χ3n) is 2.39. The van der Waals surface area contributed by atoms with Gasteiger partial charge in [0.05, 0.1) is 18.5 Å². The normalized spacial score (nSPS) is 10.2. The summed E-state index contributed by atoms with van der Waals surface area (Å²) >= 11 is 3.38. The quantitative estimate of drug-likeness (QED) is 0.899. The zero-order valence-corrected chi connectivity index (χ0v) is 12.0. The van der Waals surface area contributed by atoms with E-state index in [1.807, 2.05) is 31.2 Å². The number of rotatable bonds is 4. The van der Waals surface area contributed by atoms with Crippen LogP contribution in [0.25, 0.3) is 11.3 Å². The molecule has 0 radical (unpaired) electrons. The van der Waals surface area contributed by atoms with E-state index in [1.165, 1.54) is 0 Å². The van der Waals surface area contributed by atoms with E-state index in [0.29, 0.717) is 12.6 Å². The lowest BCUT2D eigenvalue weighted by Crippen LogP contribution is -2.14. The SMILES string of the molecule is CCCOC(=O)Nc1ncc(-c2ccc(Br)cc2)[nH]1. The summed E-state index contributed by atoms with van der Waals surface area (Å²) in [4.78, 5) is 18.5. The second kappa shape index (κ2) is 6.38. The Bertz CT molecular complexity index is 551. The van der Waals surface area contributed by atoms with Gasteiger partial charge in [0.1, 0.15) is 0 Å². The van der Waals surface area contributed by atoms with Gasteiger partial charge in [0, 0.05) is 4.47 Å². The highest BCUT2D eigenvalue weighted by molar-refractivity contribution is 9.10. The van der Waals surface area contributed by atoms with Crippen LogP contribution in [0.4, 0.5) is 10.7 Å². The molecule has 2 N–H and O–H groups in total. The van der Waals surface area contributed by atoms with Gasteiger partial charge in [0.2, 0.25) is 5.95 Å². The predicted octanol–water partition coefficient (Wildman–Crippen LogP) is 3.80. The molecular weight excluding hydrogens is 310 g/mol. The minimum atomic E-state index is -0.501. The van der Waals surface area contributed by atoms with Crippen molar-refractivity contribution in [3.8, 4) is 11.3 Å². The Balaban J connectivity index is 2.02. The van der Waals surface area contributed by atoms with Gasteiger partial charge in [-0.2, -0.15) is 0 Å². The molecule has 100 valence electrons. The fourth-order valence-electron chi connectivity index (χ4n) is 1.49. The molecule has 1 aromatic heterocycles. The number of ether oxygens (including phenoxy) is 1. The zero-order chi connectivity index (χ0) is 13.7. The molecule has 0 fully saturated rings. The molecule has 0 saturated heterocycles. The van der Waals surface area contributed by atoms with E-state index in [0.717, 1.165) is 22.2 Å². The monoisotopic (exact) mass is 323 g/mol. The van der Waals surface area contributed by atoms with Gasteiger partial charge in [-0.25, -0.2) is 9.78 Å². The van der Waals surface area contributed by atoms with Crippen LogP contribution >= 0.6 is 15.9 Å². The van der Waals surface area contributed by atoms with Crippen LogP contribution in [0.3, 0.4) is 0 Å². The highest BCUT2D eigenvalue weighted by Crippen LogP contribution is 2.20. The highest BCUT2D eigenvalue weighted by Gasteiger charge is 2.07.